The number of hydrogen-bond acceptors (Lipinski definition) is 8. The number of ether oxygens (including phenoxy) is 2. The van der Waals surface area contributed by atoms with Crippen molar-refractivity contribution in [1.82, 2.24) is 25.1 Å². The van der Waals surface area contributed by atoms with Crippen molar-refractivity contribution < 1.29 is 37.0 Å². The van der Waals surface area contributed by atoms with E-state index in [0.29, 0.717) is 28.0 Å². The number of imide groups is 1. The number of halogens is 3. The van der Waals surface area contributed by atoms with Gasteiger partial charge in [-0.15, -0.1) is 0 Å². The van der Waals surface area contributed by atoms with Crippen molar-refractivity contribution in [2.45, 2.75) is 32.7 Å². The van der Waals surface area contributed by atoms with Gasteiger partial charge < -0.3 is 25.1 Å². The van der Waals surface area contributed by atoms with Gasteiger partial charge in [-0.25, -0.2) is 32.5 Å². The van der Waals surface area contributed by atoms with Crippen LogP contribution in [0.15, 0.2) is 60.9 Å². The summed E-state index contributed by atoms with van der Waals surface area (Å²) < 4.78 is 52.6. The van der Waals surface area contributed by atoms with Crippen molar-refractivity contribution in [2.75, 3.05) is 23.9 Å². The molecule has 2 aromatic carbocycles. The molecule has 0 saturated carbocycles. The third-order valence-corrected chi connectivity index (χ3v) is 7.50. The van der Waals surface area contributed by atoms with E-state index in [4.69, 9.17) is 9.47 Å². The molecule has 3 N–H and O–H groups in total. The van der Waals surface area contributed by atoms with Gasteiger partial charge in [-0.2, -0.15) is 5.10 Å². The summed E-state index contributed by atoms with van der Waals surface area (Å²) in [6, 6.07) is 11.1. The first-order valence-corrected chi connectivity index (χ1v) is 14.3. The van der Waals surface area contributed by atoms with Gasteiger partial charge in [0, 0.05) is 24.0 Å². The number of alkyl halides is 2. The fourth-order valence-corrected chi connectivity index (χ4v) is 5.20. The van der Waals surface area contributed by atoms with Crippen LogP contribution in [0.4, 0.5) is 29.5 Å². The third kappa shape index (κ3) is 5.71. The number of aromatic nitrogens is 4. The summed E-state index contributed by atoms with van der Waals surface area (Å²) in [6.07, 6.45) is 0.0454. The Labute approximate surface area is 265 Å². The number of hydrogen-bond donors (Lipinski definition) is 3. The van der Waals surface area contributed by atoms with Crippen molar-refractivity contribution in [3.8, 4) is 23.1 Å². The first-order chi connectivity index (χ1) is 22.4. The predicted octanol–water partition coefficient (Wildman–Crippen LogP) is 5.74. The zero-order valence-corrected chi connectivity index (χ0v) is 25.5. The van der Waals surface area contributed by atoms with Crippen LogP contribution in [0.1, 0.15) is 35.5 Å². The van der Waals surface area contributed by atoms with Crippen LogP contribution in [0.2, 0.25) is 0 Å². The number of ketones is 1. The number of benzene rings is 2. The highest BCUT2D eigenvalue weighted by Crippen LogP contribution is 2.38. The van der Waals surface area contributed by atoms with Gasteiger partial charge in [0.25, 0.3) is 12.3 Å². The van der Waals surface area contributed by atoms with Crippen LogP contribution in [0.3, 0.4) is 0 Å². The van der Waals surface area contributed by atoms with Gasteiger partial charge in [0.05, 0.1) is 35.0 Å². The van der Waals surface area contributed by atoms with Crippen LogP contribution in [0.25, 0.3) is 16.6 Å². The second-order valence-electron chi connectivity index (χ2n) is 11.2. The van der Waals surface area contributed by atoms with Crippen molar-refractivity contribution in [3.63, 3.8) is 0 Å². The molecule has 4 heterocycles. The van der Waals surface area contributed by atoms with Crippen molar-refractivity contribution in [2.24, 2.45) is 0 Å². The van der Waals surface area contributed by atoms with Gasteiger partial charge in [-0.05, 0) is 56.7 Å². The van der Waals surface area contributed by atoms with E-state index in [9.17, 15) is 27.6 Å². The Bertz CT molecular complexity index is 2060. The summed E-state index contributed by atoms with van der Waals surface area (Å²) in [7, 11) is 1.62. The van der Waals surface area contributed by atoms with Crippen molar-refractivity contribution in [3.05, 3.63) is 83.6 Å². The molecule has 0 unspecified atom stereocenters. The highest BCUT2D eigenvalue weighted by atomic mass is 19.3. The number of aromatic amines is 1. The Kier molecular flexibility index (Phi) is 7.83. The van der Waals surface area contributed by atoms with E-state index in [0.717, 1.165) is 4.90 Å². The third-order valence-electron chi connectivity index (χ3n) is 7.50. The number of nitrogens with zero attached hydrogens (tertiary/aromatic N) is 4. The molecule has 0 atom stereocenters. The molecule has 1 fully saturated rings. The van der Waals surface area contributed by atoms with E-state index >= 15 is 0 Å². The first-order valence-electron chi connectivity index (χ1n) is 14.3. The molecule has 47 heavy (non-hydrogen) atoms. The summed E-state index contributed by atoms with van der Waals surface area (Å²) in [6.45, 7) is 3.84. The number of para-hydroxylation sites is 1. The summed E-state index contributed by atoms with van der Waals surface area (Å²) in [5.74, 6) is -1.21. The molecule has 1 saturated heterocycles. The fourth-order valence-electron chi connectivity index (χ4n) is 5.20. The standard InChI is InChI=1S/C32H28F3N7O5/c1-16-9-27(47-24-8-6-5-7-19(24)33)37-14-23(16)42-29(36-4)18(13-38-42)28(43)21-10-17-11-25(46-15-26(34)35)22(12-20(17)39-21)41-30(44)32(2,3)40-31(41)45/h5-14,26,36,39H,15H2,1-4H3,(H,40,45). The Morgan fingerprint density at radius 1 is 1.06 bits per heavy atom. The van der Waals surface area contributed by atoms with Crippen LogP contribution < -0.4 is 25.0 Å². The maximum absolute atomic E-state index is 14.1. The van der Waals surface area contributed by atoms with Crippen molar-refractivity contribution >= 4 is 40.1 Å². The quantitative estimate of drug-likeness (QED) is 0.129. The Hall–Kier alpha value is -5.86. The number of aryl methyl sites for hydroxylation is 1. The molecule has 0 radical (unpaired) electrons. The summed E-state index contributed by atoms with van der Waals surface area (Å²) in [4.78, 5) is 47.7. The number of carbonyl (C=O) groups excluding carboxylic acids is 3. The monoisotopic (exact) mass is 647 g/mol. The van der Waals surface area contributed by atoms with E-state index in [2.05, 4.69) is 25.7 Å². The Morgan fingerprint density at radius 3 is 2.49 bits per heavy atom. The van der Waals surface area contributed by atoms with E-state index < -0.39 is 42.1 Å². The van der Waals surface area contributed by atoms with Crippen molar-refractivity contribution in [1.29, 1.82) is 0 Å². The number of H-pyrrole nitrogens is 1. The molecule has 0 bridgehead atoms. The maximum Gasteiger partial charge on any atom is 0.329 e. The first kappa shape index (κ1) is 31.1. The molecular formula is C32H28F3N7O5. The van der Waals surface area contributed by atoms with Gasteiger partial charge in [0.2, 0.25) is 11.7 Å². The molecular weight excluding hydrogens is 619 g/mol. The molecule has 5 aromatic rings. The lowest BCUT2D eigenvalue weighted by molar-refractivity contribution is -0.121. The van der Waals surface area contributed by atoms with E-state index in [1.807, 2.05) is 0 Å². The number of amides is 3. The number of urea groups is 1. The molecule has 1 aliphatic rings. The van der Waals surface area contributed by atoms with E-state index in [-0.39, 0.29) is 34.3 Å². The van der Waals surface area contributed by atoms with Crippen LogP contribution >= 0.6 is 0 Å². The molecule has 242 valence electrons. The smallest absolute Gasteiger partial charge is 0.329 e. The second-order valence-corrected chi connectivity index (χ2v) is 11.2. The van der Waals surface area contributed by atoms with Crippen LogP contribution in [-0.2, 0) is 4.79 Å². The van der Waals surface area contributed by atoms with E-state index in [1.165, 1.54) is 61.3 Å². The lowest BCUT2D eigenvalue weighted by Crippen LogP contribution is -2.40. The zero-order chi connectivity index (χ0) is 33.6. The molecule has 0 spiro atoms. The summed E-state index contributed by atoms with van der Waals surface area (Å²) in [5.41, 5.74) is 0.566. The highest BCUT2D eigenvalue weighted by Gasteiger charge is 2.46. The molecule has 3 amide bonds. The Morgan fingerprint density at radius 2 is 1.83 bits per heavy atom. The average molecular weight is 648 g/mol. The Balaban J connectivity index is 1.33. The summed E-state index contributed by atoms with van der Waals surface area (Å²) in [5, 5.41) is 10.4. The number of rotatable bonds is 10. The second kappa shape index (κ2) is 11.8. The average Bonchev–Trinajstić information content (AvgIpc) is 3.69. The molecule has 0 aliphatic carbocycles. The molecule has 12 nitrogen and oxygen atoms in total. The SMILES string of the molecule is CNc1c(C(=O)c2cc3cc(OCC(F)F)c(N4C(=O)NC(C)(C)C4=O)cc3[nH]2)cnn1-c1cnc(Oc2ccccc2F)cc1C. The lowest BCUT2D eigenvalue weighted by Gasteiger charge is -2.19. The minimum atomic E-state index is -2.81. The number of fused-ring (bicyclic) bond motifs is 1. The van der Waals surface area contributed by atoms with Gasteiger partial charge in [0.15, 0.2) is 11.6 Å². The summed E-state index contributed by atoms with van der Waals surface area (Å²) >= 11 is 0. The number of anilines is 2. The van der Waals surface area contributed by atoms with E-state index in [1.54, 1.807) is 32.2 Å². The number of carbonyl (C=O) groups is 3. The number of pyridine rings is 1. The van der Waals surface area contributed by atoms with Crippen LogP contribution in [-0.4, -0.2) is 63.1 Å². The molecule has 1 aliphatic heterocycles. The predicted molar refractivity (Wildman–Crippen MR) is 165 cm³/mol. The number of nitrogens with one attached hydrogen (secondary N) is 3. The fraction of sp³-hybridized carbons (Fsp3) is 0.219. The van der Waals surface area contributed by atoms with Gasteiger partial charge in [-0.1, -0.05) is 12.1 Å². The van der Waals surface area contributed by atoms with Crippen LogP contribution in [0.5, 0.6) is 17.4 Å². The maximum atomic E-state index is 14.1. The zero-order valence-electron chi connectivity index (χ0n) is 25.5. The minimum Gasteiger partial charge on any atom is -0.485 e. The van der Waals surface area contributed by atoms with Crippen LogP contribution in [0, 0.1) is 12.7 Å². The molecule has 3 aromatic heterocycles. The van der Waals surface area contributed by atoms with Gasteiger partial charge in [0.1, 0.15) is 23.7 Å². The lowest BCUT2D eigenvalue weighted by atomic mass is 10.1. The largest absolute Gasteiger partial charge is 0.485 e. The topological polar surface area (TPSA) is 143 Å². The minimum absolute atomic E-state index is 0.0207. The normalized spacial score (nSPS) is 14.2. The molecule has 6 rings (SSSR count). The van der Waals surface area contributed by atoms with Gasteiger partial charge in [-0.3, -0.25) is 9.59 Å². The highest BCUT2D eigenvalue weighted by molar-refractivity contribution is 6.24. The molecule has 15 heteroatoms. The van der Waals surface area contributed by atoms with Gasteiger partial charge >= 0.3 is 6.03 Å².